The third kappa shape index (κ3) is 3.41. The standard InChI is InChI=1S/C16H13BrO/c1-12-4-2-5-13(10-12)8-9-16(18)14-6-3-7-15(17)11-14/h2-11H,1H3. The van der Waals surface area contributed by atoms with E-state index < -0.39 is 0 Å². The second-order valence-corrected chi connectivity index (χ2v) is 5.04. The van der Waals surface area contributed by atoms with Gasteiger partial charge in [-0.3, -0.25) is 4.79 Å². The van der Waals surface area contributed by atoms with E-state index in [0.29, 0.717) is 5.56 Å². The van der Waals surface area contributed by atoms with Crippen molar-refractivity contribution in [2.45, 2.75) is 6.92 Å². The first-order chi connectivity index (χ1) is 8.65. The molecule has 2 heteroatoms. The highest BCUT2D eigenvalue weighted by Gasteiger charge is 2.01. The second-order valence-electron chi connectivity index (χ2n) is 4.12. The maximum atomic E-state index is 11.9. The Morgan fingerprint density at radius 2 is 1.89 bits per heavy atom. The van der Waals surface area contributed by atoms with Crippen LogP contribution in [0.25, 0.3) is 6.08 Å². The van der Waals surface area contributed by atoms with E-state index in [1.165, 1.54) is 5.56 Å². The number of hydrogen-bond acceptors (Lipinski definition) is 1. The lowest BCUT2D eigenvalue weighted by Gasteiger charge is -1.97. The molecule has 0 atom stereocenters. The van der Waals surface area contributed by atoms with Crippen molar-refractivity contribution in [3.63, 3.8) is 0 Å². The van der Waals surface area contributed by atoms with Gasteiger partial charge in [0.2, 0.25) is 0 Å². The molecule has 90 valence electrons. The van der Waals surface area contributed by atoms with Crippen LogP contribution in [0.15, 0.2) is 59.1 Å². The topological polar surface area (TPSA) is 17.1 Å². The van der Waals surface area contributed by atoms with Crippen molar-refractivity contribution in [3.05, 3.63) is 75.8 Å². The van der Waals surface area contributed by atoms with Crippen LogP contribution in [0.5, 0.6) is 0 Å². The maximum Gasteiger partial charge on any atom is 0.185 e. The fourth-order valence-electron chi connectivity index (χ4n) is 1.68. The lowest BCUT2D eigenvalue weighted by molar-refractivity contribution is 0.104. The van der Waals surface area contributed by atoms with Crippen molar-refractivity contribution in [2.24, 2.45) is 0 Å². The van der Waals surface area contributed by atoms with E-state index in [2.05, 4.69) is 15.9 Å². The summed E-state index contributed by atoms with van der Waals surface area (Å²) in [7, 11) is 0. The van der Waals surface area contributed by atoms with E-state index >= 15 is 0 Å². The minimum Gasteiger partial charge on any atom is -0.289 e. The summed E-state index contributed by atoms with van der Waals surface area (Å²) in [6.07, 6.45) is 3.45. The van der Waals surface area contributed by atoms with Crippen LogP contribution in [-0.2, 0) is 0 Å². The summed E-state index contributed by atoms with van der Waals surface area (Å²) in [5.41, 5.74) is 2.92. The van der Waals surface area contributed by atoms with Crippen LogP contribution < -0.4 is 0 Å². The molecule has 0 unspecified atom stereocenters. The predicted molar refractivity (Wildman–Crippen MR) is 78.7 cm³/mol. The number of benzene rings is 2. The number of hydrogen-bond donors (Lipinski definition) is 0. The zero-order chi connectivity index (χ0) is 13.0. The number of halogens is 1. The molecule has 0 heterocycles. The summed E-state index contributed by atoms with van der Waals surface area (Å²) in [5, 5.41) is 0. The van der Waals surface area contributed by atoms with Crippen LogP contribution in [0.4, 0.5) is 0 Å². The Balaban J connectivity index is 2.17. The molecule has 0 bridgehead atoms. The Bertz CT molecular complexity index is 600. The van der Waals surface area contributed by atoms with E-state index in [9.17, 15) is 4.79 Å². The molecule has 0 radical (unpaired) electrons. The van der Waals surface area contributed by atoms with Crippen molar-refractivity contribution in [1.82, 2.24) is 0 Å². The zero-order valence-corrected chi connectivity index (χ0v) is 11.6. The fourth-order valence-corrected chi connectivity index (χ4v) is 2.08. The molecule has 0 aliphatic heterocycles. The van der Waals surface area contributed by atoms with Crippen LogP contribution in [0.2, 0.25) is 0 Å². The molecule has 2 rings (SSSR count). The van der Waals surface area contributed by atoms with Crippen molar-refractivity contribution in [3.8, 4) is 0 Å². The Kier molecular flexibility index (Phi) is 4.11. The Hall–Kier alpha value is -1.67. The number of ketones is 1. The van der Waals surface area contributed by atoms with Gasteiger partial charge in [-0.1, -0.05) is 64.0 Å². The van der Waals surface area contributed by atoms with E-state index in [0.717, 1.165) is 10.0 Å². The monoisotopic (exact) mass is 300 g/mol. The SMILES string of the molecule is Cc1cccc(C=CC(=O)c2cccc(Br)c2)c1. The highest BCUT2D eigenvalue weighted by molar-refractivity contribution is 9.10. The van der Waals surface area contributed by atoms with Crippen LogP contribution in [0, 0.1) is 6.92 Å². The second kappa shape index (κ2) is 5.78. The third-order valence-electron chi connectivity index (χ3n) is 2.58. The molecule has 0 saturated heterocycles. The van der Waals surface area contributed by atoms with E-state index in [4.69, 9.17) is 0 Å². The van der Waals surface area contributed by atoms with Crippen LogP contribution >= 0.6 is 15.9 Å². The van der Waals surface area contributed by atoms with Gasteiger partial charge in [-0.25, -0.2) is 0 Å². The summed E-state index contributed by atoms with van der Waals surface area (Å²) < 4.78 is 0.914. The average Bonchev–Trinajstić information content (AvgIpc) is 2.36. The van der Waals surface area contributed by atoms with Crippen molar-refractivity contribution >= 4 is 27.8 Å². The first-order valence-electron chi connectivity index (χ1n) is 5.70. The van der Waals surface area contributed by atoms with Gasteiger partial charge in [-0.2, -0.15) is 0 Å². The average molecular weight is 301 g/mol. The van der Waals surface area contributed by atoms with Crippen molar-refractivity contribution in [1.29, 1.82) is 0 Å². The van der Waals surface area contributed by atoms with Crippen LogP contribution in [-0.4, -0.2) is 5.78 Å². The predicted octanol–water partition coefficient (Wildman–Crippen LogP) is 4.65. The summed E-state index contributed by atoms with van der Waals surface area (Å²) in [4.78, 5) is 11.9. The Morgan fingerprint density at radius 1 is 1.11 bits per heavy atom. The molecule has 0 aliphatic carbocycles. The number of carbonyl (C=O) groups excluding carboxylic acids is 1. The third-order valence-corrected chi connectivity index (χ3v) is 3.07. The van der Waals surface area contributed by atoms with Gasteiger partial charge in [0.1, 0.15) is 0 Å². The quantitative estimate of drug-likeness (QED) is 0.595. The molecule has 0 amide bonds. The highest BCUT2D eigenvalue weighted by atomic mass is 79.9. The van der Waals surface area contributed by atoms with Gasteiger partial charge in [0, 0.05) is 10.0 Å². The van der Waals surface area contributed by atoms with Gasteiger partial charge in [0.05, 0.1) is 0 Å². The Morgan fingerprint density at radius 3 is 2.61 bits per heavy atom. The number of aryl methyl sites for hydroxylation is 1. The van der Waals surface area contributed by atoms with E-state index in [1.54, 1.807) is 6.08 Å². The van der Waals surface area contributed by atoms with Gasteiger partial charge in [-0.15, -0.1) is 0 Å². The highest BCUT2D eigenvalue weighted by Crippen LogP contribution is 2.13. The van der Waals surface area contributed by atoms with Gasteiger partial charge in [0.25, 0.3) is 0 Å². The summed E-state index contributed by atoms with van der Waals surface area (Å²) >= 11 is 3.36. The smallest absolute Gasteiger partial charge is 0.185 e. The molecular formula is C16H13BrO. The van der Waals surface area contributed by atoms with Gasteiger partial charge >= 0.3 is 0 Å². The summed E-state index contributed by atoms with van der Waals surface area (Å²) in [5.74, 6) is 0.0119. The molecule has 0 N–H and O–H groups in total. The first kappa shape index (κ1) is 12.8. The molecule has 0 spiro atoms. The van der Waals surface area contributed by atoms with Crippen molar-refractivity contribution in [2.75, 3.05) is 0 Å². The number of carbonyl (C=O) groups is 1. The minimum absolute atomic E-state index is 0.0119. The maximum absolute atomic E-state index is 11.9. The van der Waals surface area contributed by atoms with Crippen LogP contribution in [0.3, 0.4) is 0 Å². The summed E-state index contributed by atoms with van der Waals surface area (Å²) in [6.45, 7) is 2.04. The van der Waals surface area contributed by atoms with Gasteiger partial charge in [-0.05, 0) is 30.7 Å². The molecule has 18 heavy (non-hydrogen) atoms. The molecule has 0 aliphatic rings. The largest absolute Gasteiger partial charge is 0.289 e. The number of rotatable bonds is 3. The molecule has 0 aromatic heterocycles. The molecule has 2 aromatic rings. The van der Waals surface area contributed by atoms with Gasteiger partial charge in [0.15, 0.2) is 5.78 Å². The Labute approximate surface area is 115 Å². The normalized spacial score (nSPS) is 10.8. The van der Waals surface area contributed by atoms with Crippen LogP contribution in [0.1, 0.15) is 21.5 Å². The van der Waals surface area contributed by atoms with Crippen molar-refractivity contribution < 1.29 is 4.79 Å². The zero-order valence-electron chi connectivity index (χ0n) is 10.1. The number of allylic oxidation sites excluding steroid dienone is 1. The molecule has 1 nitrogen and oxygen atoms in total. The summed E-state index contributed by atoms with van der Waals surface area (Å²) in [6, 6.07) is 15.4. The van der Waals surface area contributed by atoms with Gasteiger partial charge < -0.3 is 0 Å². The van der Waals surface area contributed by atoms with E-state index in [1.807, 2.05) is 61.5 Å². The lowest BCUT2D eigenvalue weighted by atomic mass is 10.1. The molecule has 0 saturated carbocycles. The van der Waals surface area contributed by atoms with E-state index in [-0.39, 0.29) is 5.78 Å². The first-order valence-corrected chi connectivity index (χ1v) is 6.49. The molecule has 0 fully saturated rings. The minimum atomic E-state index is 0.0119. The molecular weight excluding hydrogens is 288 g/mol. The molecule has 2 aromatic carbocycles. The lowest BCUT2D eigenvalue weighted by Crippen LogP contribution is -1.93. The fraction of sp³-hybridized carbons (Fsp3) is 0.0625.